The molecule has 5 heteroatoms. The minimum absolute atomic E-state index is 0.0473. The zero-order valence-electron chi connectivity index (χ0n) is 16.6. The normalized spacial score (nSPS) is 22.4. The Hall–Kier alpha value is -1.59. The predicted octanol–water partition coefficient (Wildman–Crippen LogP) is 3.05. The number of nitrogens with one attached hydrogen (secondary N) is 1. The highest BCUT2D eigenvalue weighted by molar-refractivity contribution is 5.91. The van der Waals surface area contributed by atoms with Crippen LogP contribution in [0.2, 0.25) is 0 Å². The Morgan fingerprint density at radius 1 is 1.19 bits per heavy atom. The largest absolute Gasteiger partial charge is 0.322 e. The van der Waals surface area contributed by atoms with Gasteiger partial charge in [-0.3, -0.25) is 4.90 Å². The maximum Gasteiger partial charge on any atom is 0.321 e. The summed E-state index contributed by atoms with van der Waals surface area (Å²) < 4.78 is 0. The molecule has 2 fully saturated rings. The first-order valence-corrected chi connectivity index (χ1v) is 10.1. The van der Waals surface area contributed by atoms with Crippen molar-refractivity contribution in [2.75, 3.05) is 58.2 Å². The molecule has 1 aromatic rings. The van der Waals surface area contributed by atoms with Gasteiger partial charge in [0.2, 0.25) is 0 Å². The summed E-state index contributed by atoms with van der Waals surface area (Å²) in [6, 6.07) is 6.27. The predicted molar refractivity (Wildman–Crippen MR) is 108 cm³/mol. The van der Waals surface area contributed by atoms with Gasteiger partial charge in [-0.1, -0.05) is 25.1 Å². The minimum atomic E-state index is 0.0473. The molecule has 2 amide bonds. The van der Waals surface area contributed by atoms with Gasteiger partial charge >= 0.3 is 6.03 Å². The second kappa shape index (κ2) is 8.87. The highest BCUT2D eigenvalue weighted by Crippen LogP contribution is 2.22. The Labute approximate surface area is 158 Å². The first-order chi connectivity index (χ1) is 12.6. The molecule has 1 aromatic carbocycles. The van der Waals surface area contributed by atoms with Crippen LogP contribution in [0.3, 0.4) is 0 Å². The number of piperazine rings is 1. The van der Waals surface area contributed by atoms with E-state index in [1.165, 1.54) is 38.0 Å². The molecule has 0 bridgehead atoms. The van der Waals surface area contributed by atoms with Crippen LogP contribution in [0.4, 0.5) is 10.5 Å². The van der Waals surface area contributed by atoms with Crippen LogP contribution >= 0.6 is 0 Å². The van der Waals surface area contributed by atoms with E-state index in [9.17, 15) is 4.79 Å². The minimum Gasteiger partial charge on any atom is -0.322 e. The molecule has 2 aliphatic heterocycles. The Bertz CT molecular complexity index is 610. The van der Waals surface area contributed by atoms with Gasteiger partial charge in [0.05, 0.1) is 0 Å². The molecule has 2 saturated heterocycles. The van der Waals surface area contributed by atoms with Gasteiger partial charge in [-0.05, 0) is 56.8 Å². The van der Waals surface area contributed by atoms with Crippen molar-refractivity contribution in [1.29, 1.82) is 0 Å². The molecule has 3 rings (SSSR count). The van der Waals surface area contributed by atoms with E-state index in [1.54, 1.807) is 0 Å². The van der Waals surface area contributed by atoms with Crippen molar-refractivity contribution >= 4 is 11.7 Å². The van der Waals surface area contributed by atoms with Crippen LogP contribution in [0, 0.1) is 12.8 Å². The molecular formula is C21H34N4O. The number of piperidine rings is 1. The fourth-order valence-electron chi connectivity index (χ4n) is 4.31. The van der Waals surface area contributed by atoms with Crippen molar-refractivity contribution in [3.8, 4) is 0 Å². The number of rotatable bonds is 4. The lowest BCUT2D eigenvalue weighted by Gasteiger charge is -2.38. The zero-order valence-corrected chi connectivity index (χ0v) is 16.6. The molecule has 0 spiro atoms. The van der Waals surface area contributed by atoms with Crippen molar-refractivity contribution in [2.45, 2.75) is 33.1 Å². The van der Waals surface area contributed by atoms with Crippen molar-refractivity contribution < 1.29 is 4.79 Å². The number of benzene rings is 1. The first kappa shape index (κ1) is 19.2. The van der Waals surface area contributed by atoms with E-state index in [-0.39, 0.29) is 6.03 Å². The van der Waals surface area contributed by atoms with E-state index in [0.29, 0.717) is 0 Å². The summed E-state index contributed by atoms with van der Waals surface area (Å²) in [5.74, 6) is 0.785. The van der Waals surface area contributed by atoms with Gasteiger partial charge in [-0.15, -0.1) is 0 Å². The molecular weight excluding hydrogens is 324 g/mol. The number of carbonyl (C=O) groups is 1. The van der Waals surface area contributed by atoms with Crippen LogP contribution in [-0.2, 0) is 6.42 Å². The molecule has 1 N–H and O–H groups in total. The Kier molecular flexibility index (Phi) is 6.54. The van der Waals surface area contributed by atoms with E-state index < -0.39 is 0 Å². The molecule has 0 aromatic heterocycles. The summed E-state index contributed by atoms with van der Waals surface area (Å²) >= 11 is 0. The molecule has 144 valence electrons. The maximum atomic E-state index is 12.7. The summed E-state index contributed by atoms with van der Waals surface area (Å²) in [6.45, 7) is 11.4. The number of anilines is 1. The molecule has 0 aliphatic carbocycles. The fraction of sp³-hybridized carbons (Fsp3) is 0.667. The quantitative estimate of drug-likeness (QED) is 0.899. The standard InChI is InChI=1S/C21H34N4O/c1-4-19-9-5-7-17(2)20(19)22-21(26)25-13-11-24(12-14-25)16-18-8-6-10-23(3)15-18/h5,7,9,18H,4,6,8,10-16H2,1-3H3,(H,22,26)/t18-/m1/s1. The van der Waals surface area contributed by atoms with Gasteiger partial charge in [0, 0.05) is 45.0 Å². The molecule has 0 radical (unpaired) electrons. The van der Waals surface area contributed by atoms with Crippen LogP contribution in [-0.4, -0.2) is 73.6 Å². The number of carbonyl (C=O) groups excluding carboxylic acids is 1. The second-order valence-electron chi connectivity index (χ2n) is 7.95. The maximum absolute atomic E-state index is 12.7. The molecule has 5 nitrogen and oxygen atoms in total. The zero-order chi connectivity index (χ0) is 18.5. The van der Waals surface area contributed by atoms with Crippen molar-refractivity contribution in [3.63, 3.8) is 0 Å². The van der Waals surface area contributed by atoms with Gasteiger partial charge in [0.25, 0.3) is 0 Å². The number of para-hydroxylation sites is 1. The van der Waals surface area contributed by atoms with Crippen LogP contribution in [0.15, 0.2) is 18.2 Å². The number of nitrogens with zero attached hydrogens (tertiary/aromatic N) is 3. The number of aryl methyl sites for hydroxylation is 2. The first-order valence-electron chi connectivity index (χ1n) is 10.1. The Morgan fingerprint density at radius 2 is 1.96 bits per heavy atom. The van der Waals surface area contributed by atoms with Gasteiger partial charge in [-0.2, -0.15) is 0 Å². The third kappa shape index (κ3) is 4.77. The van der Waals surface area contributed by atoms with E-state index in [2.05, 4.69) is 54.2 Å². The third-order valence-corrected chi connectivity index (χ3v) is 5.87. The Morgan fingerprint density at radius 3 is 2.65 bits per heavy atom. The monoisotopic (exact) mass is 358 g/mol. The summed E-state index contributed by atoms with van der Waals surface area (Å²) in [5.41, 5.74) is 3.34. The highest BCUT2D eigenvalue weighted by atomic mass is 16.2. The molecule has 0 saturated carbocycles. The number of urea groups is 1. The summed E-state index contributed by atoms with van der Waals surface area (Å²) in [4.78, 5) is 19.7. The summed E-state index contributed by atoms with van der Waals surface area (Å²) in [7, 11) is 2.23. The average molecular weight is 359 g/mol. The van der Waals surface area contributed by atoms with Gasteiger partial charge in [0.15, 0.2) is 0 Å². The van der Waals surface area contributed by atoms with Crippen LogP contribution in [0.1, 0.15) is 30.9 Å². The molecule has 2 heterocycles. The smallest absolute Gasteiger partial charge is 0.321 e. The number of hydrogen-bond acceptors (Lipinski definition) is 3. The lowest BCUT2D eigenvalue weighted by molar-refractivity contribution is 0.109. The summed E-state index contributed by atoms with van der Waals surface area (Å²) in [5, 5.41) is 3.16. The van der Waals surface area contributed by atoms with Gasteiger partial charge in [-0.25, -0.2) is 4.79 Å². The lowest BCUT2D eigenvalue weighted by atomic mass is 9.97. The van der Waals surface area contributed by atoms with E-state index >= 15 is 0 Å². The van der Waals surface area contributed by atoms with Crippen molar-refractivity contribution in [2.24, 2.45) is 5.92 Å². The van der Waals surface area contributed by atoms with Gasteiger partial charge in [0.1, 0.15) is 0 Å². The molecule has 0 unspecified atom stereocenters. The van der Waals surface area contributed by atoms with E-state index in [0.717, 1.165) is 49.8 Å². The highest BCUT2D eigenvalue weighted by Gasteiger charge is 2.25. The SMILES string of the molecule is CCc1cccc(C)c1NC(=O)N1CCN(C[C@@H]2CCCN(C)C2)CC1. The number of amides is 2. The topological polar surface area (TPSA) is 38.8 Å². The fourth-order valence-corrected chi connectivity index (χ4v) is 4.31. The number of hydrogen-bond donors (Lipinski definition) is 1. The second-order valence-corrected chi connectivity index (χ2v) is 7.95. The van der Waals surface area contributed by atoms with Crippen molar-refractivity contribution in [1.82, 2.24) is 14.7 Å². The van der Waals surface area contributed by atoms with E-state index in [1.807, 2.05) is 4.90 Å². The molecule has 1 atom stereocenters. The Balaban J connectivity index is 1.49. The van der Waals surface area contributed by atoms with Crippen LogP contribution < -0.4 is 5.32 Å². The molecule has 26 heavy (non-hydrogen) atoms. The van der Waals surface area contributed by atoms with Crippen molar-refractivity contribution in [3.05, 3.63) is 29.3 Å². The third-order valence-electron chi connectivity index (χ3n) is 5.87. The van der Waals surface area contributed by atoms with Gasteiger partial charge < -0.3 is 15.1 Å². The lowest BCUT2D eigenvalue weighted by Crippen LogP contribution is -2.52. The van der Waals surface area contributed by atoms with Crippen LogP contribution in [0.5, 0.6) is 0 Å². The van der Waals surface area contributed by atoms with Crippen LogP contribution in [0.25, 0.3) is 0 Å². The molecule has 2 aliphatic rings. The summed E-state index contributed by atoms with van der Waals surface area (Å²) in [6.07, 6.45) is 3.60. The van der Waals surface area contributed by atoms with E-state index in [4.69, 9.17) is 0 Å². The average Bonchev–Trinajstić information content (AvgIpc) is 2.64. The number of likely N-dealkylation sites (tertiary alicyclic amines) is 1.